The topological polar surface area (TPSA) is 50.4 Å². The molecule has 2 N–H and O–H groups in total. The van der Waals surface area contributed by atoms with Crippen molar-refractivity contribution in [3.05, 3.63) is 35.4 Å². The van der Waals surface area contributed by atoms with Gasteiger partial charge < -0.3 is 15.4 Å². The SMILES string of the molecule is Cl.O=C(NC1CCOCC1)c1cccc(C2CC2NC2CCC(F)(F)CC2)c1. The standard InChI is InChI=1S/C21H28F2N2O2.ClH/c22-21(23)8-4-16(5-9-21)24-19-13-18(19)14-2-1-3-15(12-14)20(26)25-17-6-10-27-11-7-17;/h1-3,12,16-19,24H,4-11,13H2,(H,25,26);1H. The molecule has 3 fully saturated rings. The lowest BCUT2D eigenvalue weighted by molar-refractivity contribution is -0.0405. The highest BCUT2D eigenvalue weighted by atomic mass is 35.5. The van der Waals surface area contributed by atoms with Crippen molar-refractivity contribution in [1.29, 1.82) is 0 Å². The first kappa shape index (κ1) is 21.5. The van der Waals surface area contributed by atoms with Gasteiger partial charge in [-0.3, -0.25) is 4.79 Å². The molecule has 0 radical (unpaired) electrons. The largest absolute Gasteiger partial charge is 0.381 e. The summed E-state index contributed by atoms with van der Waals surface area (Å²) in [7, 11) is 0. The quantitative estimate of drug-likeness (QED) is 0.764. The Morgan fingerprint density at radius 3 is 2.50 bits per heavy atom. The molecule has 4 rings (SSSR count). The van der Waals surface area contributed by atoms with Gasteiger partial charge in [-0.25, -0.2) is 8.78 Å². The number of carbonyl (C=O) groups is 1. The fourth-order valence-electron chi connectivity index (χ4n) is 4.28. The maximum Gasteiger partial charge on any atom is 0.251 e. The zero-order valence-electron chi connectivity index (χ0n) is 16.0. The number of benzene rings is 1. The van der Waals surface area contributed by atoms with Crippen LogP contribution in [-0.4, -0.2) is 43.2 Å². The summed E-state index contributed by atoms with van der Waals surface area (Å²) >= 11 is 0. The molecule has 3 aliphatic rings. The number of hydrogen-bond acceptors (Lipinski definition) is 3. The summed E-state index contributed by atoms with van der Waals surface area (Å²) in [6.07, 6.45) is 3.81. The monoisotopic (exact) mass is 414 g/mol. The Morgan fingerprint density at radius 1 is 1.07 bits per heavy atom. The molecule has 2 aliphatic carbocycles. The van der Waals surface area contributed by atoms with Gasteiger partial charge in [0.1, 0.15) is 0 Å². The fourth-order valence-corrected chi connectivity index (χ4v) is 4.28. The normalized spacial score (nSPS) is 27.6. The van der Waals surface area contributed by atoms with Crippen molar-refractivity contribution >= 4 is 18.3 Å². The number of carbonyl (C=O) groups excluding carboxylic acids is 1. The number of amides is 1. The van der Waals surface area contributed by atoms with Crippen LogP contribution in [0.4, 0.5) is 8.78 Å². The summed E-state index contributed by atoms with van der Waals surface area (Å²) in [5.74, 6) is -2.13. The van der Waals surface area contributed by atoms with Crippen LogP contribution < -0.4 is 10.6 Å². The molecule has 1 aromatic rings. The molecular weight excluding hydrogens is 386 g/mol. The Kier molecular flexibility index (Phi) is 6.94. The van der Waals surface area contributed by atoms with Crippen LogP contribution in [-0.2, 0) is 4.74 Å². The van der Waals surface area contributed by atoms with Crippen molar-refractivity contribution in [2.24, 2.45) is 0 Å². The third-order valence-electron chi connectivity index (χ3n) is 6.09. The van der Waals surface area contributed by atoms with E-state index in [0.29, 0.717) is 43.6 Å². The number of alkyl halides is 2. The van der Waals surface area contributed by atoms with Gasteiger partial charge in [-0.05, 0) is 49.8 Å². The molecule has 28 heavy (non-hydrogen) atoms. The molecule has 2 saturated carbocycles. The lowest BCUT2D eigenvalue weighted by atomic mass is 9.92. The van der Waals surface area contributed by atoms with Gasteiger partial charge in [-0.1, -0.05) is 12.1 Å². The molecule has 1 heterocycles. The molecule has 0 bridgehead atoms. The van der Waals surface area contributed by atoms with Crippen molar-refractivity contribution < 1.29 is 18.3 Å². The summed E-state index contributed by atoms with van der Waals surface area (Å²) < 4.78 is 31.9. The third-order valence-corrected chi connectivity index (χ3v) is 6.09. The zero-order chi connectivity index (χ0) is 18.9. The van der Waals surface area contributed by atoms with Crippen LogP contribution in [0.15, 0.2) is 24.3 Å². The van der Waals surface area contributed by atoms with Crippen LogP contribution in [0.1, 0.15) is 66.8 Å². The first-order valence-electron chi connectivity index (χ1n) is 10.1. The van der Waals surface area contributed by atoms with E-state index in [1.54, 1.807) is 0 Å². The van der Waals surface area contributed by atoms with Gasteiger partial charge in [0, 0.05) is 55.7 Å². The first-order chi connectivity index (χ1) is 13.0. The van der Waals surface area contributed by atoms with Crippen LogP contribution in [0.3, 0.4) is 0 Å². The summed E-state index contributed by atoms with van der Waals surface area (Å²) in [6, 6.07) is 8.56. The highest BCUT2D eigenvalue weighted by Gasteiger charge is 2.42. The van der Waals surface area contributed by atoms with E-state index in [-0.39, 0.29) is 43.2 Å². The summed E-state index contributed by atoms with van der Waals surface area (Å²) in [4.78, 5) is 12.5. The van der Waals surface area contributed by atoms with E-state index < -0.39 is 5.92 Å². The predicted octanol–water partition coefficient (Wildman–Crippen LogP) is 4.04. The molecule has 1 aliphatic heterocycles. The van der Waals surface area contributed by atoms with E-state index >= 15 is 0 Å². The van der Waals surface area contributed by atoms with E-state index in [1.165, 1.54) is 0 Å². The molecular formula is C21H29ClF2N2O2. The Labute approximate surface area is 171 Å². The Hall–Kier alpha value is -1.24. The Bertz CT molecular complexity index is 672. The molecule has 4 nitrogen and oxygen atoms in total. The van der Waals surface area contributed by atoms with Crippen LogP contribution in [0, 0.1) is 0 Å². The highest BCUT2D eigenvalue weighted by molar-refractivity contribution is 5.94. The van der Waals surface area contributed by atoms with Crippen molar-refractivity contribution in [3.63, 3.8) is 0 Å². The van der Waals surface area contributed by atoms with Crippen molar-refractivity contribution in [2.75, 3.05) is 13.2 Å². The third kappa shape index (κ3) is 5.43. The molecule has 156 valence electrons. The fraction of sp³-hybridized carbons (Fsp3) is 0.667. The zero-order valence-corrected chi connectivity index (χ0v) is 16.8. The average Bonchev–Trinajstić information content (AvgIpc) is 3.44. The minimum atomic E-state index is -2.48. The number of ether oxygens (including phenoxy) is 1. The van der Waals surface area contributed by atoms with Gasteiger partial charge in [0.05, 0.1) is 0 Å². The Morgan fingerprint density at radius 2 is 1.79 bits per heavy atom. The molecule has 2 atom stereocenters. The van der Waals surface area contributed by atoms with E-state index in [0.717, 1.165) is 24.8 Å². The van der Waals surface area contributed by atoms with Crippen LogP contribution >= 0.6 is 12.4 Å². The number of nitrogens with one attached hydrogen (secondary N) is 2. The van der Waals surface area contributed by atoms with E-state index in [4.69, 9.17) is 4.74 Å². The second-order valence-electron chi connectivity index (χ2n) is 8.23. The minimum Gasteiger partial charge on any atom is -0.381 e. The minimum absolute atomic E-state index is 0. The van der Waals surface area contributed by atoms with E-state index in [1.807, 2.05) is 18.2 Å². The maximum atomic E-state index is 13.3. The molecule has 2 unspecified atom stereocenters. The number of halogens is 3. The Balaban J connectivity index is 0.00000225. The molecule has 0 aromatic heterocycles. The highest BCUT2D eigenvalue weighted by Crippen LogP contribution is 2.43. The molecule has 0 spiro atoms. The summed E-state index contributed by atoms with van der Waals surface area (Å²) in [5, 5.41) is 6.65. The van der Waals surface area contributed by atoms with Gasteiger partial charge in [0.15, 0.2) is 0 Å². The van der Waals surface area contributed by atoms with Crippen LogP contribution in [0.2, 0.25) is 0 Å². The van der Waals surface area contributed by atoms with Crippen molar-refractivity contribution in [2.45, 2.75) is 74.9 Å². The lowest BCUT2D eigenvalue weighted by Crippen LogP contribution is -2.39. The molecule has 7 heteroatoms. The van der Waals surface area contributed by atoms with Gasteiger partial charge in [0.25, 0.3) is 5.91 Å². The average molecular weight is 415 g/mol. The van der Waals surface area contributed by atoms with Gasteiger partial charge in [0.2, 0.25) is 5.92 Å². The van der Waals surface area contributed by atoms with Crippen molar-refractivity contribution in [1.82, 2.24) is 10.6 Å². The second-order valence-corrected chi connectivity index (χ2v) is 8.23. The van der Waals surface area contributed by atoms with E-state index in [2.05, 4.69) is 16.7 Å². The summed E-state index contributed by atoms with van der Waals surface area (Å²) in [5.41, 5.74) is 1.86. The first-order valence-corrected chi connectivity index (χ1v) is 10.1. The van der Waals surface area contributed by atoms with Crippen molar-refractivity contribution in [3.8, 4) is 0 Å². The number of rotatable bonds is 5. The molecule has 1 aromatic carbocycles. The van der Waals surface area contributed by atoms with Gasteiger partial charge in [-0.15, -0.1) is 12.4 Å². The second kappa shape index (κ2) is 9.06. The summed E-state index contributed by atoms with van der Waals surface area (Å²) in [6.45, 7) is 1.40. The van der Waals surface area contributed by atoms with Crippen LogP contribution in [0.25, 0.3) is 0 Å². The number of hydrogen-bond donors (Lipinski definition) is 2. The van der Waals surface area contributed by atoms with Gasteiger partial charge in [-0.2, -0.15) is 0 Å². The molecule has 1 amide bonds. The van der Waals surface area contributed by atoms with Crippen LogP contribution in [0.5, 0.6) is 0 Å². The molecule has 1 saturated heterocycles. The predicted molar refractivity (Wildman–Crippen MR) is 106 cm³/mol. The smallest absolute Gasteiger partial charge is 0.251 e. The van der Waals surface area contributed by atoms with E-state index in [9.17, 15) is 13.6 Å². The van der Waals surface area contributed by atoms with Gasteiger partial charge >= 0.3 is 0 Å². The lowest BCUT2D eigenvalue weighted by Gasteiger charge is -2.29. The maximum absolute atomic E-state index is 13.3.